The van der Waals surface area contributed by atoms with Crippen LogP contribution in [-0.4, -0.2) is 30.6 Å². The molecular formula is C23H26N8. The van der Waals surface area contributed by atoms with Crippen LogP contribution >= 0.6 is 0 Å². The van der Waals surface area contributed by atoms with E-state index in [-0.39, 0.29) is 0 Å². The molecule has 8 nitrogen and oxygen atoms in total. The number of benzene rings is 2. The maximum atomic E-state index is 5.87. The Morgan fingerprint density at radius 3 is 2.55 bits per heavy atom. The first-order chi connectivity index (χ1) is 15.3. The second-order valence-corrected chi connectivity index (χ2v) is 7.30. The van der Waals surface area contributed by atoms with Crippen molar-refractivity contribution in [2.24, 2.45) is 5.73 Å². The van der Waals surface area contributed by atoms with Gasteiger partial charge in [-0.25, -0.2) is 9.97 Å². The normalized spacial score (nSPS) is 10.9. The van der Waals surface area contributed by atoms with Gasteiger partial charge in [0.1, 0.15) is 11.6 Å². The first kappa shape index (κ1) is 20.6. The highest BCUT2D eigenvalue weighted by Gasteiger charge is 2.11. The number of nitrogens with two attached hydrogens (primary N) is 1. The van der Waals surface area contributed by atoms with Gasteiger partial charge in [0.05, 0.1) is 0 Å². The molecule has 0 saturated heterocycles. The van der Waals surface area contributed by atoms with Gasteiger partial charge in [0.15, 0.2) is 0 Å². The summed E-state index contributed by atoms with van der Waals surface area (Å²) in [7, 11) is 0. The number of aromatic nitrogens is 6. The fraction of sp³-hybridized carbons (Fsp3) is 0.261. The lowest BCUT2D eigenvalue weighted by molar-refractivity contribution is 0.748. The van der Waals surface area contributed by atoms with Crippen molar-refractivity contribution in [2.45, 2.75) is 39.3 Å². The Bertz CT molecular complexity index is 1110. The third kappa shape index (κ3) is 4.92. The monoisotopic (exact) mass is 414 g/mol. The Kier molecular flexibility index (Phi) is 6.59. The second kappa shape index (κ2) is 9.90. The highest BCUT2D eigenvalue weighted by Crippen LogP contribution is 2.29. The van der Waals surface area contributed by atoms with Gasteiger partial charge >= 0.3 is 0 Å². The van der Waals surface area contributed by atoms with Crippen LogP contribution < -0.4 is 11.1 Å². The summed E-state index contributed by atoms with van der Waals surface area (Å²) < 4.78 is 0. The molecule has 4 rings (SSSR count). The summed E-state index contributed by atoms with van der Waals surface area (Å²) in [5, 5.41) is 17.8. The predicted octanol–water partition coefficient (Wildman–Crippen LogP) is 3.74. The van der Waals surface area contributed by atoms with Crippen molar-refractivity contribution in [3.8, 4) is 22.5 Å². The Morgan fingerprint density at radius 2 is 1.84 bits per heavy atom. The zero-order valence-electron chi connectivity index (χ0n) is 17.5. The number of nitrogens with one attached hydrogen (secondary N) is 2. The molecule has 0 aliphatic rings. The van der Waals surface area contributed by atoms with Crippen molar-refractivity contribution in [3.05, 3.63) is 71.7 Å². The van der Waals surface area contributed by atoms with E-state index in [1.807, 2.05) is 24.4 Å². The van der Waals surface area contributed by atoms with Gasteiger partial charge in [-0.2, -0.15) is 5.21 Å². The lowest BCUT2D eigenvalue weighted by Gasteiger charge is -2.12. The number of rotatable bonds is 9. The van der Waals surface area contributed by atoms with Gasteiger partial charge in [0, 0.05) is 36.8 Å². The van der Waals surface area contributed by atoms with Crippen LogP contribution in [0.25, 0.3) is 22.5 Å². The Labute approximate surface area is 181 Å². The molecule has 31 heavy (non-hydrogen) atoms. The maximum absolute atomic E-state index is 5.87. The smallest absolute Gasteiger partial charge is 0.205 e. The van der Waals surface area contributed by atoms with Gasteiger partial charge in [0.25, 0.3) is 0 Å². The van der Waals surface area contributed by atoms with E-state index in [4.69, 9.17) is 5.73 Å². The second-order valence-electron chi connectivity index (χ2n) is 7.30. The quantitative estimate of drug-likeness (QED) is 0.382. The molecule has 0 atom stereocenters. The number of hydrogen-bond acceptors (Lipinski definition) is 7. The van der Waals surface area contributed by atoms with E-state index in [9.17, 15) is 0 Å². The molecule has 2 aromatic carbocycles. The summed E-state index contributed by atoms with van der Waals surface area (Å²) >= 11 is 0. The van der Waals surface area contributed by atoms with Crippen molar-refractivity contribution >= 4 is 5.82 Å². The van der Waals surface area contributed by atoms with E-state index in [0.717, 1.165) is 58.7 Å². The summed E-state index contributed by atoms with van der Waals surface area (Å²) in [5.74, 6) is 2.25. The lowest BCUT2D eigenvalue weighted by Crippen LogP contribution is -2.10. The molecule has 0 fully saturated rings. The first-order valence-corrected chi connectivity index (χ1v) is 10.5. The molecule has 0 bridgehead atoms. The SMILES string of the molecule is CCCCc1ncc(CN)c(NCc2ccc(-c3ccccc3-c3nn[nH]n3)cc2)n1. The molecule has 0 saturated carbocycles. The van der Waals surface area contributed by atoms with Gasteiger partial charge < -0.3 is 11.1 Å². The van der Waals surface area contributed by atoms with Crippen LogP contribution in [0.4, 0.5) is 5.82 Å². The molecule has 0 amide bonds. The Hall–Kier alpha value is -3.65. The Morgan fingerprint density at radius 1 is 1.03 bits per heavy atom. The van der Waals surface area contributed by atoms with Crippen molar-refractivity contribution in [3.63, 3.8) is 0 Å². The third-order valence-electron chi connectivity index (χ3n) is 5.13. The molecule has 4 N–H and O–H groups in total. The minimum atomic E-state index is 0.405. The number of anilines is 1. The number of nitrogens with zero attached hydrogens (tertiary/aromatic N) is 5. The minimum absolute atomic E-state index is 0.405. The van der Waals surface area contributed by atoms with Gasteiger partial charge in [-0.3, -0.25) is 0 Å². The van der Waals surface area contributed by atoms with Crippen LogP contribution in [0.5, 0.6) is 0 Å². The molecule has 4 aromatic rings. The number of unbranched alkanes of at least 4 members (excludes halogenated alkanes) is 1. The van der Waals surface area contributed by atoms with E-state index in [1.54, 1.807) is 0 Å². The van der Waals surface area contributed by atoms with Gasteiger partial charge in [-0.15, -0.1) is 10.2 Å². The molecule has 2 aromatic heterocycles. The van der Waals surface area contributed by atoms with E-state index < -0.39 is 0 Å². The summed E-state index contributed by atoms with van der Waals surface area (Å²) in [6.45, 7) is 3.23. The van der Waals surface area contributed by atoms with Crippen LogP contribution in [0.1, 0.15) is 36.7 Å². The molecule has 2 heterocycles. The van der Waals surface area contributed by atoms with E-state index in [1.165, 1.54) is 0 Å². The van der Waals surface area contributed by atoms with Crippen molar-refractivity contribution in [2.75, 3.05) is 5.32 Å². The number of aryl methyl sites for hydroxylation is 1. The number of hydrogen-bond donors (Lipinski definition) is 3. The molecule has 158 valence electrons. The standard InChI is InChI=1S/C23H26N8/c1-2-3-8-21-25-15-18(13-24)22(27-21)26-14-16-9-11-17(12-10-16)19-6-4-5-7-20(19)23-28-30-31-29-23/h4-7,9-12,15H,2-3,8,13-14,24H2,1H3,(H,25,26,27)(H,28,29,30,31). The minimum Gasteiger partial charge on any atom is -0.366 e. The fourth-order valence-electron chi connectivity index (χ4n) is 3.39. The van der Waals surface area contributed by atoms with Crippen LogP contribution in [0.3, 0.4) is 0 Å². The zero-order valence-corrected chi connectivity index (χ0v) is 17.5. The predicted molar refractivity (Wildman–Crippen MR) is 121 cm³/mol. The van der Waals surface area contributed by atoms with Crippen LogP contribution in [0, 0.1) is 0 Å². The molecular weight excluding hydrogens is 388 g/mol. The molecule has 0 radical (unpaired) electrons. The largest absolute Gasteiger partial charge is 0.366 e. The average Bonchev–Trinajstić information content (AvgIpc) is 3.37. The highest BCUT2D eigenvalue weighted by atomic mass is 15.5. The van der Waals surface area contributed by atoms with Crippen LogP contribution in [-0.2, 0) is 19.5 Å². The lowest BCUT2D eigenvalue weighted by atomic mass is 9.98. The average molecular weight is 415 g/mol. The zero-order chi connectivity index (χ0) is 21.5. The first-order valence-electron chi connectivity index (χ1n) is 10.5. The molecule has 0 aliphatic carbocycles. The number of tetrazole rings is 1. The topological polar surface area (TPSA) is 118 Å². The summed E-state index contributed by atoms with van der Waals surface area (Å²) in [5.41, 5.74) is 11.0. The number of H-pyrrole nitrogens is 1. The van der Waals surface area contributed by atoms with Gasteiger partial charge in [0.2, 0.25) is 5.82 Å². The number of aromatic amines is 1. The van der Waals surface area contributed by atoms with E-state index >= 15 is 0 Å². The maximum Gasteiger partial charge on any atom is 0.205 e. The molecule has 0 unspecified atom stereocenters. The third-order valence-corrected chi connectivity index (χ3v) is 5.13. The van der Waals surface area contributed by atoms with Gasteiger partial charge in [-0.05, 0) is 28.3 Å². The van der Waals surface area contributed by atoms with Crippen LogP contribution in [0.15, 0.2) is 54.7 Å². The summed E-state index contributed by atoms with van der Waals surface area (Å²) in [6, 6.07) is 16.5. The molecule has 8 heteroatoms. The van der Waals surface area contributed by atoms with Gasteiger partial charge in [-0.1, -0.05) is 61.9 Å². The van der Waals surface area contributed by atoms with Crippen molar-refractivity contribution in [1.29, 1.82) is 0 Å². The van der Waals surface area contributed by atoms with E-state index in [0.29, 0.717) is 18.9 Å². The van der Waals surface area contributed by atoms with E-state index in [2.05, 4.69) is 73.2 Å². The van der Waals surface area contributed by atoms with Crippen molar-refractivity contribution in [1.82, 2.24) is 30.6 Å². The fourth-order valence-corrected chi connectivity index (χ4v) is 3.39. The van der Waals surface area contributed by atoms with Crippen molar-refractivity contribution < 1.29 is 0 Å². The van der Waals surface area contributed by atoms with Crippen LogP contribution in [0.2, 0.25) is 0 Å². The Balaban J connectivity index is 1.49. The summed E-state index contributed by atoms with van der Waals surface area (Å²) in [6.07, 6.45) is 4.91. The summed E-state index contributed by atoms with van der Waals surface area (Å²) in [4.78, 5) is 9.11. The highest BCUT2D eigenvalue weighted by molar-refractivity contribution is 5.80. The molecule has 0 aliphatic heterocycles. The molecule has 0 spiro atoms.